The average Bonchev–Trinajstić information content (AvgIpc) is 4.12. The van der Waals surface area contributed by atoms with Gasteiger partial charge in [0.1, 0.15) is 6.10 Å². The number of aliphatic hydroxyl groups excluding tert-OH is 1. The van der Waals surface area contributed by atoms with Gasteiger partial charge >= 0.3 is 0 Å². The van der Waals surface area contributed by atoms with Gasteiger partial charge in [0.25, 0.3) is 12.0 Å². The van der Waals surface area contributed by atoms with E-state index in [4.69, 9.17) is 47.3 Å². The molecule has 0 radical (unpaired) electrons. The number of rotatable bonds is 12. The third-order valence-electron chi connectivity index (χ3n) is 11.7. The number of pyridine rings is 2. The highest BCUT2D eigenvalue weighted by molar-refractivity contribution is 7.92. The van der Waals surface area contributed by atoms with Crippen molar-refractivity contribution in [2.45, 2.75) is 50.1 Å². The standard InChI is InChI=1S/C26H26ClFN4O3S.C25H24ClFN4O4S/c1-4-21-23(28)22(14-34-21)35-26-29-20-13-19(27)24(30-25(20)31-26)17-7-5-15(6-8-17)16-9-11-18(12-10-16)32-36(2,3)33;1-36(2,33)31-17-9-7-15(8-10-17)14-3-5-16(6-4-14)23-18(26)11-19-24(29-23)30-25(28-19)35-21-13-34-20(12-32)22(21)27/h5-13,21-23H,4,14H2,1-3H3,(H,29,30,31);3-11,20-22,32H,12-13H2,1-2H3,(H,28,29,30)/t21-,22-,23-;20-,21-,22-/m11/s1. The molecule has 4 aromatic carbocycles. The molecular weight excluding hydrogens is 1010 g/mol. The van der Waals surface area contributed by atoms with Gasteiger partial charge in [-0.1, -0.05) is 103 Å². The molecule has 2 aliphatic rings. The van der Waals surface area contributed by atoms with Crippen molar-refractivity contribution in [3.63, 3.8) is 0 Å². The van der Waals surface area contributed by atoms with Crippen LogP contribution in [0.2, 0.25) is 10.0 Å². The van der Waals surface area contributed by atoms with E-state index in [-0.39, 0.29) is 25.2 Å². The maximum atomic E-state index is 14.4. The monoisotopic (exact) mass is 1060 g/mol. The molecule has 21 heteroatoms. The van der Waals surface area contributed by atoms with Crippen molar-refractivity contribution in [1.82, 2.24) is 29.9 Å². The zero-order chi connectivity index (χ0) is 50.9. The zero-order valence-electron chi connectivity index (χ0n) is 39.6. The van der Waals surface area contributed by atoms with Crippen LogP contribution >= 0.6 is 23.2 Å². The highest BCUT2D eigenvalue weighted by Crippen LogP contribution is 2.35. The van der Waals surface area contributed by atoms with Crippen LogP contribution in [-0.2, 0) is 28.9 Å². The van der Waals surface area contributed by atoms with Crippen LogP contribution in [0.15, 0.2) is 118 Å². The first kappa shape index (κ1) is 50.9. The van der Waals surface area contributed by atoms with E-state index in [1.807, 2.05) is 104 Å². The molecule has 4 aromatic heterocycles. The minimum atomic E-state index is -2.21. The Balaban J connectivity index is 0.000000178. The molecule has 0 saturated carbocycles. The van der Waals surface area contributed by atoms with Gasteiger partial charge in [-0.15, -0.1) is 0 Å². The maximum Gasteiger partial charge on any atom is 0.296 e. The van der Waals surface area contributed by atoms with Crippen LogP contribution in [0.5, 0.6) is 12.0 Å². The molecule has 2 aliphatic heterocycles. The van der Waals surface area contributed by atoms with Crippen molar-refractivity contribution in [3.8, 4) is 56.8 Å². The molecule has 0 aliphatic carbocycles. The van der Waals surface area contributed by atoms with E-state index in [9.17, 15) is 17.2 Å². The lowest BCUT2D eigenvalue weighted by Gasteiger charge is -2.13. The van der Waals surface area contributed by atoms with Crippen molar-refractivity contribution < 1.29 is 41.3 Å². The number of aliphatic hydroxyl groups is 1. The van der Waals surface area contributed by atoms with E-state index in [1.165, 1.54) is 0 Å². The highest BCUT2D eigenvalue weighted by atomic mass is 35.5. The summed E-state index contributed by atoms with van der Waals surface area (Å²) in [6.45, 7) is 1.66. The van der Waals surface area contributed by atoms with Crippen LogP contribution in [0, 0.1) is 0 Å². The number of aromatic amines is 2. The SMILES string of the molecule is CC[C@H]1OC[C@@H](Oc2nc3nc(-c4ccc(-c5ccc(N=S(C)(C)=O)cc5)cc4)c(Cl)cc3[nH]2)[C@@H]1F.CS(C)(=O)=Nc1ccc(-c2ccc(-c3nc4nc(O[C@@H]5CO[C@H](CO)[C@H]5F)[nH]c4cc3Cl)cc2)cc1. The highest BCUT2D eigenvalue weighted by Gasteiger charge is 2.40. The van der Waals surface area contributed by atoms with Gasteiger partial charge in [0.15, 0.2) is 35.8 Å². The molecule has 0 amide bonds. The Hall–Kier alpha value is -6.06. The fourth-order valence-corrected chi connectivity index (χ4v) is 9.93. The van der Waals surface area contributed by atoms with E-state index in [2.05, 4.69) is 38.6 Å². The van der Waals surface area contributed by atoms with Gasteiger partial charge in [-0.3, -0.25) is 0 Å². The molecule has 6 heterocycles. The number of aromatic nitrogens is 6. The first-order chi connectivity index (χ1) is 34.4. The van der Waals surface area contributed by atoms with Crippen molar-refractivity contribution in [1.29, 1.82) is 0 Å². The van der Waals surface area contributed by atoms with Gasteiger partial charge in [-0.05, 0) is 65.1 Å². The molecule has 8 aromatic rings. The topological polar surface area (TPSA) is 199 Å². The summed E-state index contributed by atoms with van der Waals surface area (Å²) in [5, 5.41) is 10.0. The Morgan fingerprint density at radius 1 is 0.597 bits per heavy atom. The Morgan fingerprint density at radius 3 is 1.28 bits per heavy atom. The predicted molar refractivity (Wildman–Crippen MR) is 279 cm³/mol. The number of nitrogens with zero attached hydrogens (tertiary/aromatic N) is 6. The Labute approximate surface area is 425 Å². The summed E-state index contributed by atoms with van der Waals surface area (Å²) in [6.07, 6.45) is 1.39. The van der Waals surface area contributed by atoms with Crippen molar-refractivity contribution in [3.05, 3.63) is 119 Å². The molecule has 0 spiro atoms. The van der Waals surface area contributed by atoms with Gasteiger partial charge in [0.05, 0.1) is 69.8 Å². The summed E-state index contributed by atoms with van der Waals surface area (Å²) in [7, 11) is -4.42. The normalized spacial score (nSPS) is 20.1. The zero-order valence-corrected chi connectivity index (χ0v) is 42.7. The number of ether oxygens (including phenoxy) is 4. The van der Waals surface area contributed by atoms with Crippen LogP contribution in [0.25, 0.3) is 67.1 Å². The number of fused-ring (bicyclic) bond motifs is 2. The van der Waals surface area contributed by atoms with E-state index in [1.54, 1.807) is 37.2 Å². The smallest absolute Gasteiger partial charge is 0.296 e. The molecule has 376 valence electrons. The van der Waals surface area contributed by atoms with Crippen LogP contribution in [-0.4, -0.2) is 125 Å². The molecule has 0 unspecified atom stereocenters. The first-order valence-electron chi connectivity index (χ1n) is 22.7. The lowest BCUT2D eigenvalue weighted by molar-refractivity contribution is 0.0302. The van der Waals surface area contributed by atoms with E-state index in [0.29, 0.717) is 61.6 Å². The van der Waals surface area contributed by atoms with Crippen LogP contribution in [0.3, 0.4) is 0 Å². The number of benzene rings is 4. The number of halogens is 4. The number of H-pyrrole nitrogens is 2. The third-order valence-corrected chi connectivity index (χ3v) is 13.5. The number of imidazole rings is 2. The molecule has 3 N–H and O–H groups in total. The van der Waals surface area contributed by atoms with Gasteiger partial charge in [-0.2, -0.15) is 18.7 Å². The van der Waals surface area contributed by atoms with Crippen LogP contribution in [0.1, 0.15) is 13.3 Å². The van der Waals surface area contributed by atoms with Gasteiger partial charge in [-0.25, -0.2) is 27.2 Å². The summed E-state index contributed by atoms with van der Waals surface area (Å²) in [5.41, 5.74) is 10.1. The van der Waals surface area contributed by atoms with Crippen molar-refractivity contribution in [2.24, 2.45) is 8.73 Å². The molecule has 2 saturated heterocycles. The average molecular weight is 1060 g/mol. The predicted octanol–water partition coefficient (Wildman–Crippen LogP) is 11.0. The molecule has 0 bridgehead atoms. The first-order valence-corrected chi connectivity index (χ1v) is 28.2. The Kier molecular flexibility index (Phi) is 15.0. The summed E-state index contributed by atoms with van der Waals surface area (Å²) in [6, 6.07) is 34.5. The second kappa shape index (κ2) is 21.2. The Morgan fingerprint density at radius 2 is 0.944 bits per heavy atom. The second-order valence-electron chi connectivity index (χ2n) is 17.8. The lowest BCUT2D eigenvalue weighted by Crippen LogP contribution is -2.32. The van der Waals surface area contributed by atoms with E-state index in [0.717, 1.165) is 33.4 Å². The van der Waals surface area contributed by atoms with Gasteiger partial charge in [0, 0.05) is 55.6 Å². The number of hydrogen-bond acceptors (Lipinski definition) is 13. The summed E-state index contributed by atoms with van der Waals surface area (Å²) in [4.78, 5) is 23.9. The van der Waals surface area contributed by atoms with Gasteiger partial charge < -0.3 is 34.0 Å². The molecule has 6 atom stereocenters. The minimum Gasteiger partial charge on any atom is -0.456 e. The largest absolute Gasteiger partial charge is 0.456 e. The fourth-order valence-electron chi connectivity index (χ4n) is 8.15. The molecule has 72 heavy (non-hydrogen) atoms. The minimum absolute atomic E-state index is 0.0182. The lowest BCUT2D eigenvalue weighted by atomic mass is 10.0. The van der Waals surface area contributed by atoms with Gasteiger partial charge in [0.2, 0.25) is 0 Å². The van der Waals surface area contributed by atoms with Crippen molar-refractivity contribution >= 4 is 76.4 Å². The summed E-state index contributed by atoms with van der Waals surface area (Å²) < 4.78 is 82.9. The third kappa shape index (κ3) is 11.9. The van der Waals surface area contributed by atoms with Crippen molar-refractivity contribution in [2.75, 3.05) is 44.8 Å². The summed E-state index contributed by atoms with van der Waals surface area (Å²) >= 11 is 13.1. The summed E-state index contributed by atoms with van der Waals surface area (Å²) in [5.74, 6) is 0. The van der Waals surface area contributed by atoms with E-state index < -0.39 is 62.8 Å². The van der Waals surface area contributed by atoms with E-state index >= 15 is 0 Å². The number of hydrogen-bond donors (Lipinski definition) is 3. The fraction of sp³-hybridized carbons (Fsp3) is 0.294. The van der Waals surface area contributed by atoms with Crippen LogP contribution < -0.4 is 9.47 Å². The molecule has 10 rings (SSSR count). The molecule has 2 fully saturated rings. The number of alkyl halides is 2. The number of nitrogens with one attached hydrogen (secondary N) is 2. The maximum absolute atomic E-state index is 14.4. The molecular formula is C51H50Cl2F2N8O7S2. The van der Waals surface area contributed by atoms with Crippen LogP contribution in [0.4, 0.5) is 20.2 Å². The quantitative estimate of drug-likeness (QED) is 0.105. The molecule has 15 nitrogen and oxygen atoms in total. The second-order valence-corrected chi connectivity index (χ2v) is 23.7. The Bertz CT molecular complexity index is 3250.